The molecule has 0 amide bonds. The van der Waals surface area contributed by atoms with Crippen LogP contribution in [0.1, 0.15) is 0 Å². The molecule has 0 radical (unpaired) electrons. The van der Waals surface area contributed by atoms with Gasteiger partial charge in [0.15, 0.2) is 0 Å². The van der Waals surface area contributed by atoms with E-state index in [4.69, 9.17) is 0 Å². The van der Waals surface area contributed by atoms with Gasteiger partial charge in [-0.15, -0.1) is 0 Å². The third-order valence-electron chi connectivity index (χ3n) is 6.14. The summed E-state index contributed by atoms with van der Waals surface area (Å²) in [6.45, 7) is 0. The third kappa shape index (κ3) is 6.52. The average molecular weight is 927 g/mol. The Labute approximate surface area is 278 Å². The van der Waals surface area contributed by atoms with Gasteiger partial charge in [-0.1, -0.05) is 0 Å². The number of esters is 2. The second kappa shape index (κ2) is 13.4. The number of halogens is 34. The van der Waals surface area contributed by atoms with Crippen LogP contribution in [0.25, 0.3) is 0 Å². The molecule has 56 heavy (non-hydrogen) atoms. The van der Waals surface area contributed by atoms with Gasteiger partial charge in [0.1, 0.15) is 0 Å². The van der Waals surface area contributed by atoms with E-state index in [-0.39, 0.29) is 6.15 Å². The summed E-state index contributed by atoms with van der Waals surface area (Å²) in [6, 6.07) is 0. The molecule has 336 valence electrons. The molecule has 0 bridgehead atoms. The molecular weight excluding hydrogens is 924 g/mol. The van der Waals surface area contributed by atoms with Crippen molar-refractivity contribution in [3.63, 3.8) is 0 Å². The molecule has 0 atom stereocenters. The predicted molar refractivity (Wildman–Crippen MR) is 97.5 cm³/mol. The van der Waals surface area contributed by atoms with E-state index in [0.717, 1.165) is 0 Å². The molecule has 0 heterocycles. The Kier molecular flexibility index (Phi) is 13.1. The van der Waals surface area contributed by atoms with Crippen LogP contribution in [-0.4, -0.2) is 107 Å². The molecule has 0 aliphatic carbocycles. The van der Waals surface area contributed by atoms with Crippen LogP contribution < -0.4 is 6.15 Å². The molecule has 0 aromatic carbocycles. The summed E-state index contributed by atoms with van der Waals surface area (Å²) < 4.78 is 449. The Morgan fingerprint density at radius 3 is 0.500 bits per heavy atom. The van der Waals surface area contributed by atoms with Crippen molar-refractivity contribution < 1.29 is 164 Å². The predicted octanol–water partition coefficient (Wildman–Crippen LogP) is 10.2. The number of carbonyl (C=O) groups is 2. The monoisotopic (exact) mass is 927 g/mol. The minimum Gasteiger partial charge on any atom is -0.384 e. The van der Waals surface area contributed by atoms with Crippen molar-refractivity contribution >= 4 is 11.9 Å². The molecule has 0 aromatic heterocycles. The summed E-state index contributed by atoms with van der Waals surface area (Å²) in [5.74, 6) is -141. The first-order chi connectivity index (χ1) is 23.0. The van der Waals surface area contributed by atoms with Crippen LogP contribution in [0.4, 0.5) is 149 Å². The molecule has 0 unspecified atom stereocenters. The molecule has 4 nitrogen and oxygen atoms in total. The maximum Gasteiger partial charge on any atom is 0.460 e. The number of carbonyl (C=O) groups excluding carboxylic acids is 2. The second-order valence-corrected chi connectivity index (χ2v) is 9.71. The third-order valence-corrected chi connectivity index (χ3v) is 6.14. The standard InChI is InChI=1S/C18F34O3.H3N/c19-3(20,5(23,24)7(27,28)9(31,32)11(35,36)13(39,40)15(43,44)17(47,48)49)1(53)55-2(54)4(21,22)6(25,26)8(29,30)10(33,34)12(37,38)14(41,42)16(45,46)18(50,51)52;/h;1H3. The van der Waals surface area contributed by atoms with E-state index < -0.39 is 107 Å². The summed E-state index contributed by atoms with van der Waals surface area (Å²) in [5, 5.41) is 0. The highest BCUT2D eigenvalue weighted by molar-refractivity contribution is 5.93. The van der Waals surface area contributed by atoms with Gasteiger partial charge >= 0.3 is 107 Å². The van der Waals surface area contributed by atoms with Crippen LogP contribution in [0.15, 0.2) is 0 Å². The first kappa shape index (κ1) is 54.8. The maximum atomic E-state index is 13.7. The largest absolute Gasteiger partial charge is 0.460 e. The van der Waals surface area contributed by atoms with Crippen molar-refractivity contribution in [1.29, 1.82) is 0 Å². The quantitative estimate of drug-likeness (QED) is 0.107. The van der Waals surface area contributed by atoms with Gasteiger partial charge in [-0.2, -0.15) is 149 Å². The van der Waals surface area contributed by atoms with Crippen molar-refractivity contribution in [3.05, 3.63) is 0 Å². The number of hydrogen-bond donors (Lipinski definition) is 1. The molecule has 0 fully saturated rings. The lowest BCUT2D eigenvalue weighted by molar-refractivity contribution is -0.460. The van der Waals surface area contributed by atoms with E-state index in [1.54, 1.807) is 0 Å². The van der Waals surface area contributed by atoms with Crippen LogP contribution in [0.3, 0.4) is 0 Å². The molecular formula is C18H3F34NO3. The van der Waals surface area contributed by atoms with E-state index in [9.17, 15) is 159 Å². The van der Waals surface area contributed by atoms with Crippen molar-refractivity contribution in [2.24, 2.45) is 0 Å². The molecule has 0 saturated carbocycles. The van der Waals surface area contributed by atoms with E-state index in [1.165, 1.54) is 4.74 Å². The summed E-state index contributed by atoms with van der Waals surface area (Å²) in [6.07, 6.45) is -16.6. The van der Waals surface area contributed by atoms with Crippen LogP contribution in [0.5, 0.6) is 0 Å². The van der Waals surface area contributed by atoms with Crippen molar-refractivity contribution in [2.75, 3.05) is 0 Å². The Bertz CT molecular complexity index is 1360. The molecule has 0 aliphatic rings. The van der Waals surface area contributed by atoms with E-state index in [0.29, 0.717) is 0 Å². The van der Waals surface area contributed by atoms with Crippen LogP contribution >= 0.6 is 0 Å². The SMILES string of the molecule is N.O=C(OC(=O)C(F)(F)C(F)(F)C(F)(F)C(F)(F)C(F)(F)C(F)(F)C(F)(F)C(F)(F)F)C(F)(F)C(F)(F)C(F)(F)C(F)(F)C(F)(F)C(F)(F)C(F)(F)C(F)(F)F. The summed E-state index contributed by atoms with van der Waals surface area (Å²) in [7, 11) is 0. The summed E-state index contributed by atoms with van der Waals surface area (Å²) in [4.78, 5) is 21.9. The van der Waals surface area contributed by atoms with Gasteiger partial charge in [-0.05, 0) is 0 Å². The first-order valence-electron chi connectivity index (χ1n) is 11.2. The number of rotatable bonds is 14. The molecule has 0 aliphatic heterocycles. The van der Waals surface area contributed by atoms with Crippen LogP contribution in [0.2, 0.25) is 0 Å². The molecule has 0 rings (SSSR count). The lowest BCUT2D eigenvalue weighted by Gasteiger charge is -2.42. The Hall–Kier alpha value is -3.28. The summed E-state index contributed by atoms with van der Waals surface area (Å²) in [5.41, 5.74) is 0. The fourth-order valence-corrected chi connectivity index (χ4v) is 2.80. The fraction of sp³-hybridized carbons (Fsp3) is 0.889. The minimum absolute atomic E-state index is 0. The van der Waals surface area contributed by atoms with Gasteiger partial charge in [0, 0.05) is 0 Å². The summed E-state index contributed by atoms with van der Waals surface area (Å²) >= 11 is 0. The minimum atomic E-state index is -9.59. The topological polar surface area (TPSA) is 78.4 Å². The molecule has 3 N–H and O–H groups in total. The molecule has 0 aromatic rings. The average Bonchev–Trinajstić information content (AvgIpc) is 2.94. The van der Waals surface area contributed by atoms with E-state index in [2.05, 4.69) is 0 Å². The van der Waals surface area contributed by atoms with Gasteiger partial charge in [0.05, 0.1) is 0 Å². The first-order valence-corrected chi connectivity index (χ1v) is 11.2. The highest BCUT2D eigenvalue weighted by atomic mass is 19.4. The second-order valence-electron chi connectivity index (χ2n) is 9.71. The molecule has 0 saturated heterocycles. The van der Waals surface area contributed by atoms with E-state index >= 15 is 0 Å². The zero-order valence-electron chi connectivity index (χ0n) is 23.8. The normalized spacial score (nSPS) is 16.4. The Morgan fingerprint density at radius 1 is 0.232 bits per heavy atom. The maximum absolute atomic E-state index is 13.7. The highest BCUT2D eigenvalue weighted by Gasteiger charge is 2.98. The zero-order chi connectivity index (χ0) is 45.9. The smallest absolute Gasteiger partial charge is 0.384 e. The van der Waals surface area contributed by atoms with Gasteiger partial charge in [-0.3, -0.25) is 0 Å². The lowest BCUT2D eigenvalue weighted by atomic mass is 9.88. The molecule has 38 heteroatoms. The Balaban J connectivity index is 0. The van der Waals surface area contributed by atoms with Crippen molar-refractivity contribution in [3.8, 4) is 0 Å². The zero-order valence-corrected chi connectivity index (χ0v) is 23.8. The molecule has 0 spiro atoms. The van der Waals surface area contributed by atoms with Gasteiger partial charge in [0.2, 0.25) is 0 Å². The number of ether oxygens (including phenoxy) is 1. The lowest BCUT2D eigenvalue weighted by Crippen LogP contribution is -2.75. The number of alkyl halides is 34. The van der Waals surface area contributed by atoms with Gasteiger partial charge in [-0.25, -0.2) is 9.59 Å². The van der Waals surface area contributed by atoms with Crippen molar-refractivity contribution in [2.45, 2.75) is 95.3 Å². The van der Waals surface area contributed by atoms with Crippen LogP contribution in [-0.2, 0) is 14.3 Å². The van der Waals surface area contributed by atoms with Crippen LogP contribution in [0, 0.1) is 0 Å². The Morgan fingerprint density at radius 2 is 0.357 bits per heavy atom. The highest BCUT2D eigenvalue weighted by Crippen LogP contribution is 2.66. The van der Waals surface area contributed by atoms with Gasteiger partial charge < -0.3 is 10.9 Å². The van der Waals surface area contributed by atoms with E-state index in [1.807, 2.05) is 0 Å². The fourth-order valence-electron chi connectivity index (χ4n) is 2.80. The van der Waals surface area contributed by atoms with Crippen molar-refractivity contribution in [1.82, 2.24) is 6.15 Å². The van der Waals surface area contributed by atoms with Gasteiger partial charge in [0.25, 0.3) is 0 Å². The number of hydrogen-bond acceptors (Lipinski definition) is 4.